The molecule has 0 bridgehead atoms. The van der Waals surface area contributed by atoms with Crippen LogP contribution in [0.15, 0.2) is 0 Å². The third-order valence-electron chi connectivity index (χ3n) is 2.68. The van der Waals surface area contributed by atoms with Crippen LogP contribution in [0.4, 0.5) is 0 Å². The summed E-state index contributed by atoms with van der Waals surface area (Å²) in [5.41, 5.74) is 0. The Kier molecular flexibility index (Phi) is 2.51. The number of rotatable bonds is 2. The average molecular weight is 185 g/mol. The third kappa shape index (κ3) is 2.00. The van der Waals surface area contributed by atoms with Gasteiger partial charge in [-0.25, -0.2) is 0 Å². The third-order valence-corrected chi connectivity index (χ3v) is 2.68. The van der Waals surface area contributed by atoms with E-state index in [0.29, 0.717) is 19.4 Å². The van der Waals surface area contributed by atoms with Crippen molar-refractivity contribution in [3.8, 4) is 0 Å². The van der Waals surface area contributed by atoms with Crippen LogP contribution in [-0.2, 0) is 9.53 Å². The highest BCUT2D eigenvalue weighted by molar-refractivity contribution is 5.81. The fourth-order valence-electron chi connectivity index (χ4n) is 1.78. The molecule has 0 unspecified atom stereocenters. The smallest absolute Gasteiger partial charge is 0.249 e. The van der Waals surface area contributed by atoms with Gasteiger partial charge in [-0.1, -0.05) is 0 Å². The van der Waals surface area contributed by atoms with Crippen molar-refractivity contribution in [2.75, 3.05) is 6.61 Å². The standard InChI is InChI=1S/C9H15NO3/c11-7-4-6(5-7)10-9(12)8-2-1-3-13-8/h6-8,11H,1-5H2,(H,10,12)/t6?,7?,8-/m1/s1. The van der Waals surface area contributed by atoms with E-state index in [9.17, 15) is 4.79 Å². The number of nitrogens with one attached hydrogen (secondary N) is 1. The first kappa shape index (κ1) is 8.97. The molecule has 1 aliphatic carbocycles. The maximum Gasteiger partial charge on any atom is 0.249 e. The fraction of sp³-hybridized carbons (Fsp3) is 0.889. The molecule has 0 aromatic rings. The molecule has 0 spiro atoms. The monoisotopic (exact) mass is 185 g/mol. The minimum atomic E-state index is -0.238. The van der Waals surface area contributed by atoms with Crippen LogP contribution in [0.2, 0.25) is 0 Å². The minimum Gasteiger partial charge on any atom is -0.393 e. The van der Waals surface area contributed by atoms with Gasteiger partial charge in [-0.15, -0.1) is 0 Å². The zero-order valence-corrected chi connectivity index (χ0v) is 7.53. The second-order valence-corrected chi connectivity index (χ2v) is 3.83. The molecule has 0 aromatic carbocycles. The fourth-order valence-corrected chi connectivity index (χ4v) is 1.78. The van der Waals surface area contributed by atoms with Gasteiger partial charge in [0.05, 0.1) is 6.10 Å². The molecule has 2 N–H and O–H groups in total. The van der Waals surface area contributed by atoms with Gasteiger partial charge < -0.3 is 15.2 Å². The lowest BCUT2D eigenvalue weighted by atomic mass is 9.89. The van der Waals surface area contributed by atoms with Crippen molar-refractivity contribution < 1.29 is 14.6 Å². The summed E-state index contributed by atoms with van der Waals surface area (Å²) in [6.45, 7) is 0.700. The zero-order valence-electron chi connectivity index (χ0n) is 7.53. The molecule has 1 atom stereocenters. The van der Waals surface area contributed by atoms with Crippen LogP contribution < -0.4 is 5.32 Å². The molecule has 2 fully saturated rings. The Hall–Kier alpha value is -0.610. The summed E-state index contributed by atoms with van der Waals surface area (Å²) < 4.78 is 5.24. The lowest BCUT2D eigenvalue weighted by molar-refractivity contribution is -0.132. The van der Waals surface area contributed by atoms with Gasteiger partial charge in [0.15, 0.2) is 0 Å². The maximum atomic E-state index is 11.4. The Labute approximate surface area is 77.3 Å². The second kappa shape index (κ2) is 3.64. The summed E-state index contributed by atoms with van der Waals surface area (Å²) in [6.07, 6.45) is 2.75. The Bertz CT molecular complexity index is 195. The number of ether oxygens (including phenoxy) is 1. The zero-order chi connectivity index (χ0) is 9.26. The largest absolute Gasteiger partial charge is 0.393 e. The van der Waals surface area contributed by atoms with Crippen molar-refractivity contribution in [1.29, 1.82) is 0 Å². The normalized spacial score (nSPS) is 38.4. The topological polar surface area (TPSA) is 58.6 Å². The molecule has 0 radical (unpaired) electrons. The lowest BCUT2D eigenvalue weighted by Crippen LogP contribution is -2.49. The molecule has 2 aliphatic rings. The highest BCUT2D eigenvalue weighted by Crippen LogP contribution is 2.20. The van der Waals surface area contributed by atoms with Crippen LogP contribution >= 0.6 is 0 Å². The number of carbonyl (C=O) groups is 1. The maximum absolute atomic E-state index is 11.4. The summed E-state index contributed by atoms with van der Waals surface area (Å²) in [4.78, 5) is 11.4. The number of aliphatic hydroxyl groups excluding tert-OH is 1. The predicted octanol–water partition coefficient (Wildman–Crippen LogP) is -0.195. The van der Waals surface area contributed by atoms with Crippen molar-refractivity contribution in [2.45, 2.75) is 43.9 Å². The van der Waals surface area contributed by atoms with E-state index >= 15 is 0 Å². The van der Waals surface area contributed by atoms with E-state index in [4.69, 9.17) is 9.84 Å². The first-order valence-electron chi connectivity index (χ1n) is 4.86. The highest BCUT2D eigenvalue weighted by atomic mass is 16.5. The SMILES string of the molecule is O=C(NC1CC(O)C1)[C@H]1CCCO1. The van der Waals surface area contributed by atoms with E-state index in [1.807, 2.05) is 0 Å². The number of carbonyl (C=O) groups excluding carboxylic acids is 1. The van der Waals surface area contributed by atoms with Crippen molar-refractivity contribution in [3.05, 3.63) is 0 Å². The quantitative estimate of drug-likeness (QED) is 0.626. The molecule has 74 valence electrons. The average Bonchev–Trinajstić information content (AvgIpc) is 2.53. The number of hydrogen-bond acceptors (Lipinski definition) is 3. The van der Waals surface area contributed by atoms with E-state index in [0.717, 1.165) is 12.8 Å². The van der Waals surface area contributed by atoms with E-state index in [1.54, 1.807) is 0 Å². The van der Waals surface area contributed by atoms with Gasteiger partial charge in [0.25, 0.3) is 0 Å². The molecule has 1 aliphatic heterocycles. The van der Waals surface area contributed by atoms with Crippen molar-refractivity contribution in [3.63, 3.8) is 0 Å². The van der Waals surface area contributed by atoms with Crippen LogP contribution in [0.25, 0.3) is 0 Å². The molecule has 1 amide bonds. The summed E-state index contributed by atoms with van der Waals surface area (Å²) in [5.74, 6) is -0.00519. The van der Waals surface area contributed by atoms with Crippen molar-refractivity contribution in [1.82, 2.24) is 5.32 Å². The van der Waals surface area contributed by atoms with E-state index in [-0.39, 0.29) is 24.2 Å². The predicted molar refractivity (Wildman–Crippen MR) is 46.1 cm³/mol. The first-order valence-corrected chi connectivity index (χ1v) is 4.86. The Morgan fingerprint density at radius 2 is 2.23 bits per heavy atom. The molecule has 4 heteroatoms. The number of aliphatic hydroxyl groups is 1. The van der Waals surface area contributed by atoms with Gasteiger partial charge in [-0.2, -0.15) is 0 Å². The van der Waals surface area contributed by atoms with Crippen LogP contribution in [0.3, 0.4) is 0 Å². The van der Waals surface area contributed by atoms with Gasteiger partial charge in [-0.3, -0.25) is 4.79 Å². The van der Waals surface area contributed by atoms with Crippen molar-refractivity contribution >= 4 is 5.91 Å². The summed E-state index contributed by atoms with van der Waals surface area (Å²) in [6, 6.07) is 0.173. The van der Waals surface area contributed by atoms with E-state index in [2.05, 4.69) is 5.32 Å². The number of amides is 1. The van der Waals surface area contributed by atoms with Crippen molar-refractivity contribution in [2.24, 2.45) is 0 Å². The van der Waals surface area contributed by atoms with Gasteiger partial charge in [0.1, 0.15) is 6.10 Å². The Morgan fingerprint density at radius 3 is 2.77 bits per heavy atom. The lowest BCUT2D eigenvalue weighted by Gasteiger charge is -2.32. The molecule has 2 rings (SSSR count). The first-order chi connectivity index (χ1) is 6.25. The molecule has 4 nitrogen and oxygen atoms in total. The summed E-state index contributed by atoms with van der Waals surface area (Å²) in [7, 11) is 0. The Morgan fingerprint density at radius 1 is 1.46 bits per heavy atom. The molecule has 1 heterocycles. The minimum absolute atomic E-state index is 0.00519. The van der Waals surface area contributed by atoms with Gasteiger partial charge in [0.2, 0.25) is 5.91 Å². The molecule has 13 heavy (non-hydrogen) atoms. The van der Waals surface area contributed by atoms with Gasteiger partial charge in [0, 0.05) is 12.6 Å². The molecule has 1 saturated heterocycles. The summed E-state index contributed by atoms with van der Waals surface area (Å²) >= 11 is 0. The Balaban J connectivity index is 1.72. The van der Waals surface area contributed by atoms with Gasteiger partial charge in [-0.05, 0) is 25.7 Å². The van der Waals surface area contributed by atoms with Crippen LogP contribution in [0, 0.1) is 0 Å². The van der Waals surface area contributed by atoms with Crippen LogP contribution in [0.5, 0.6) is 0 Å². The molecular weight excluding hydrogens is 170 g/mol. The van der Waals surface area contributed by atoms with E-state index in [1.165, 1.54) is 0 Å². The molecular formula is C9H15NO3. The van der Waals surface area contributed by atoms with Crippen LogP contribution in [-0.4, -0.2) is 35.9 Å². The van der Waals surface area contributed by atoms with Gasteiger partial charge >= 0.3 is 0 Å². The molecule has 1 saturated carbocycles. The van der Waals surface area contributed by atoms with E-state index < -0.39 is 0 Å². The van der Waals surface area contributed by atoms with Crippen LogP contribution in [0.1, 0.15) is 25.7 Å². The second-order valence-electron chi connectivity index (χ2n) is 3.83. The number of hydrogen-bond donors (Lipinski definition) is 2. The summed E-state index contributed by atoms with van der Waals surface area (Å²) in [5, 5.41) is 11.9. The highest BCUT2D eigenvalue weighted by Gasteiger charge is 2.31. The molecule has 0 aromatic heterocycles.